The van der Waals surface area contributed by atoms with Crippen molar-refractivity contribution in [3.63, 3.8) is 0 Å². The number of para-hydroxylation sites is 2. The Labute approximate surface area is 225 Å². The van der Waals surface area contributed by atoms with E-state index in [4.69, 9.17) is 20.9 Å². The molecule has 5 N–H and O–H groups in total. The first-order valence-electron chi connectivity index (χ1n) is 12.4. The second-order valence-electron chi connectivity index (χ2n) is 8.88. The molecule has 0 bridgehead atoms. The third-order valence-corrected chi connectivity index (χ3v) is 7.29. The Bertz CT molecular complexity index is 1300. The normalized spacial score (nSPS) is 14.1. The van der Waals surface area contributed by atoms with Crippen molar-refractivity contribution in [3.05, 3.63) is 64.7 Å². The SMILES string of the molecule is CCOc1ccc([C@@H](C(=O)NC2CCCC2)N(C(=O)c2snc(C(N)=O)c2N)c2ccccc2OC)cc1. The molecule has 2 aromatic carbocycles. The summed E-state index contributed by atoms with van der Waals surface area (Å²) in [7, 11) is 1.48. The lowest BCUT2D eigenvalue weighted by atomic mass is 10.0. The molecule has 3 aromatic rings. The fourth-order valence-corrected chi connectivity index (χ4v) is 5.36. The molecule has 0 saturated heterocycles. The third-order valence-electron chi connectivity index (χ3n) is 6.43. The number of hydrogen-bond donors (Lipinski definition) is 3. The number of nitrogens with one attached hydrogen (secondary N) is 1. The lowest BCUT2D eigenvalue weighted by molar-refractivity contribution is -0.123. The van der Waals surface area contributed by atoms with E-state index in [-0.39, 0.29) is 28.2 Å². The summed E-state index contributed by atoms with van der Waals surface area (Å²) in [6.07, 6.45) is 3.80. The molecule has 38 heavy (non-hydrogen) atoms. The molecule has 0 unspecified atom stereocenters. The van der Waals surface area contributed by atoms with Crippen LogP contribution in [0.1, 0.15) is 64.4 Å². The average Bonchev–Trinajstić information content (AvgIpc) is 3.57. The van der Waals surface area contributed by atoms with Gasteiger partial charge in [-0.05, 0) is 61.1 Å². The number of nitrogen functional groups attached to an aromatic ring is 1. The van der Waals surface area contributed by atoms with Crippen molar-refractivity contribution >= 4 is 40.6 Å². The smallest absolute Gasteiger partial charge is 0.273 e. The predicted octanol–water partition coefficient (Wildman–Crippen LogP) is 3.68. The fraction of sp³-hybridized carbons (Fsp3) is 0.333. The summed E-state index contributed by atoms with van der Waals surface area (Å²) in [6, 6.07) is 12.8. The van der Waals surface area contributed by atoms with Crippen molar-refractivity contribution in [1.29, 1.82) is 0 Å². The van der Waals surface area contributed by atoms with Crippen LogP contribution in [0.15, 0.2) is 48.5 Å². The lowest BCUT2D eigenvalue weighted by Gasteiger charge is -2.33. The first-order valence-corrected chi connectivity index (χ1v) is 13.2. The number of methoxy groups -OCH3 is 1. The van der Waals surface area contributed by atoms with Gasteiger partial charge in [-0.1, -0.05) is 37.1 Å². The van der Waals surface area contributed by atoms with Crippen molar-refractivity contribution in [1.82, 2.24) is 9.69 Å². The summed E-state index contributed by atoms with van der Waals surface area (Å²) in [5.74, 6) is -0.789. The molecule has 1 aromatic heterocycles. The molecule has 1 aliphatic carbocycles. The van der Waals surface area contributed by atoms with Gasteiger partial charge in [0.1, 0.15) is 22.4 Å². The van der Waals surface area contributed by atoms with E-state index in [1.165, 1.54) is 12.0 Å². The average molecular weight is 538 g/mol. The van der Waals surface area contributed by atoms with Crippen LogP contribution in [0.25, 0.3) is 0 Å². The molecule has 1 aliphatic rings. The highest BCUT2D eigenvalue weighted by molar-refractivity contribution is 7.09. The van der Waals surface area contributed by atoms with E-state index in [2.05, 4.69) is 9.69 Å². The minimum Gasteiger partial charge on any atom is -0.495 e. The monoisotopic (exact) mass is 537 g/mol. The fourth-order valence-electron chi connectivity index (χ4n) is 4.61. The molecule has 4 rings (SSSR count). The zero-order valence-electron chi connectivity index (χ0n) is 21.3. The van der Waals surface area contributed by atoms with Crippen molar-refractivity contribution in [2.75, 3.05) is 24.4 Å². The van der Waals surface area contributed by atoms with Gasteiger partial charge >= 0.3 is 0 Å². The number of nitrogens with two attached hydrogens (primary N) is 2. The molecule has 10 nitrogen and oxygen atoms in total. The van der Waals surface area contributed by atoms with Crippen LogP contribution in [0.4, 0.5) is 11.4 Å². The maximum atomic E-state index is 14.2. The maximum absolute atomic E-state index is 14.2. The van der Waals surface area contributed by atoms with Gasteiger partial charge in [-0.3, -0.25) is 19.3 Å². The van der Waals surface area contributed by atoms with E-state index < -0.39 is 17.9 Å². The van der Waals surface area contributed by atoms with Crippen LogP contribution < -0.4 is 31.2 Å². The van der Waals surface area contributed by atoms with E-state index in [0.717, 1.165) is 37.2 Å². The van der Waals surface area contributed by atoms with Gasteiger partial charge in [0, 0.05) is 6.04 Å². The molecular weight excluding hydrogens is 506 g/mol. The van der Waals surface area contributed by atoms with Gasteiger partial charge in [0.05, 0.1) is 25.1 Å². The van der Waals surface area contributed by atoms with Gasteiger partial charge in [0.2, 0.25) is 5.91 Å². The summed E-state index contributed by atoms with van der Waals surface area (Å²) in [6.45, 7) is 2.37. The Kier molecular flexibility index (Phi) is 8.47. The van der Waals surface area contributed by atoms with Crippen molar-refractivity contribution in [3.8, 4) is 11.5 Å². The zero-order valence-corrected chi connectivity index (χ0v) is 22.1. The number of carbonyl (C=O) groups excluding carboxylic acids is 3. The number of aromatic nitrogens is 1. The second kappa shape index (κ2) is 12.0. The highest BCUT2D eigenvalue weighted by Gasteiger charge is 2.38. The number of ether oxygens (including phenoxy) is 2. The number of amides is 3. The number of anilines is 2. The van der Waals surface area contributed by atoms with Gasteiger partial charge < -0.3 is 26.3 Å². The van der Waals surface area contributed by atoms with Gasteiger partial charge in [-0.15, -0.1) is 0 Å². The number of rotatable bonds is 10. The quantitative estimate of drug-likeness (QED) is 0.357. The van der Waals surface area contributed by atoms with Crippen molar-refractivity contribution < 1.29 is 23.9 Å². The summed E-state index contributed by atoms with van der Waals surface area (Å²) in [4.78, 5) is 41.3. The summed E-state index contributed by atoms with van der Waals surface area (Å²) in [5.41, 5.74) is 12.1. The molecule has 0 aliphatic heterocycles. The van der Waals surface area contributed by atoms with Crippen LogP contribution in [0, 0.1) is 0 Å². The van der Waals surface area contributed by atoms with Crippen LogP contribution in [-0.4, -0.2) is 41.9 Å². The molecule has 0 spiro atoms. The number of benzene rings is 2. The van der Waals surface area contributed by atoms with Crippen LogP contribution in [-0.2, 0) is 4.79 Å². The molecule has 1 heterocycles. The summed E-state index contributed by atoms with van der Waals surface area (Å²) >= 11 is 0.756. The number of hydrogen-bond acceptors (Lipinski definition) is 8. The van der Waals surface area contributed by atoms with Crippen molar-refractivity contribution in [2.24, 2.45) is 5.73 Å². The Hall–Kier alpha value is -4.12. The zero-order chi connectivity index (χ0) is 27.2. The van der Waals surface area contributed by atoms with Crippen LogP contribution in [0.2, 0.25) is 0 Å². The van der Waals surface area contributed by atoms with Gasteiger partial charge in [-0.2, -0.15) is 4.37 Å². The Morgan fingerprint density at radius 1 is 1.13 bits per heavy atom. The minimum absolute atomic E-state index is 0.00527. The Balaban J connectivity index is 1.87. The molecule has 11 heteroatoms. The molecule has 1 fully saturated rings. The molecule has 0 radical (unpaired) electrons. The predicted molar refractivity (Wildman–Crippen MR) is 146 cm³/mol. The van der Waals surface area contributed by atoms with E-state index in [9.17, 15) is 14.4 Å². The number of primary amides is 1. The molecule has 1 saturated carbocycles. The summed E-state index contributed by atoms with van der Waals surface area (Å²) < 4.78 is 15.1. The standard InChI is InChI=1S/C27H31N5O5S/c1-3-37-18-14-12-16(13-15-18)23(26(34)30-17-8-4-5-9-17)32(19-10-6-7-11-20(19)36-2)27(35)24-21(28)22(25(29)33)31-38-24/h6-7,10-15,17,23H,3-5,8-9,28H2,1-2H3,(H2,29,33)(H,30,34)/t23-/m0/s1. The van der Waals surface area contributed by atoms with Gasteiger partial charge in [-0.25, -0.2) is 0 Å². The van der Waals surface area contributed by atoms with E-state index >= 15 is 0 Å². The first kappa shape index (κ1) is 26.9. The van der Waals surface area contributed by atoms with E-state index in [0.29, 0.717) is 29.4 Å². The van der Waals surface area contributed by atoms with E-state index in [1.54, 1.807) is 48.5 Å². The number of carbonyl (C=O) groups is 3. The highest BCUT2D eigenvalue weighted by Crippen LogP contribution is 2.38. The topological polar surface area (TPSA) is 150 Å². The van der Waals surface area contributed by atoms with Gasteiger partial charge in [0.25, 0.3) is 11.8 Å². The van der Waals surface area contributed by atoms with Crippen molar-refractivity contribution in [2.45, 2.75) is 44.7 Å². The second-order valence-corrected chi connectivity index (χ2v) is 9.65. The van der Waals surface area contributed by atoms with Gasteiger partial charge in [0.15, 0.2) is 5.69 Å². The Morgan fingerprint density at radius 3 is 2.42 bits per heavy atom. The molecular formula is C27H31N5O5S. The first-order chi connectivity index (χ1) is 18.3. The minimum atomic E-state index is -1.09. The largest absolute Gasteiger partial charge is 0.495 e. The maximum Gasteiger partial charge on any atom is 0.273 e. The Morgan fingerprint density at radius 2 is 1.82 bits per heavy atom. The van der Waals surface area contributed by atoms with Crippen LogP contribution in [0.3, 0.4) is 0 Å². The molecule has 200 valence electrons. The molecule has 3 amide bonds. The summed E-state index contributed by atoms with van der Waals surface area (Å²) in [5, 5.41) is 3.13. The van der Waals surface area contributed by atoms with Crippen LogP contribution in [0.5, 0.6) is 11.5 Å². The lowest BCUT2D eigenvalue weighted by Crippen LogP contribution is -2.46. The highest BCUT2D eigenvalue weighted by atomic mass is 32.1. The van der Waals surface area contributed by atoms with E-state index in [1.807, 2.05) is 6.92 Å². The third kappa shape index (κ3) is 5.57. The number of nitrogens with zero attached hydrogens (tertiary/aromatic N) is 2. The van der Waals surface area contributed by atoms with Crippen LogP contribution >= 0.6 is 11.5 Å². The molecule has 1 atom stereocenters.